The minimum absolute atomic E-state index is 0.0991. The molecule has 170 valence electrons. The van der Waals surface area contributed by atoms with Gasteiger partial charge >= 0.3 is 0 Å². The lowest BCUT2D eigenvalue weighted by Crippen LogP contribution is -2.29. The van der Waals surface area contributed by atoms with Crippen molar-refractivity contribution in [3.63, 3.8) is 0 Å². The Hall–Kier alpha value is -2.76. The number of ether oxygens (including phenoxy) is 1. The molecule has 1 N–H and O–H groups in total. The first-order valence-electron chi connectivity index (χ1n) is 11.6. The van der Waals surface area contributed by atoms with Crippen molar-refractivity contribution >= 4 is 17.9 Å². The molecule has 3 aromatic carbocycles. The maximum Gasteiger partial charge on any atom is 0.224 e. The van der Waals surface area contributed by atoms with Gasteiger partial charge in [0.15, 0.2) is 0 Å². The van der Waals surface area contributed by atoms with Crippen LogP contribution in [-0.4, -0.2) is 30.1 Å². The molecular formula is C28H30N2O2S. The van der Waals surface area contributed by atoms with Crippen molar-refractivity contribution in [1.29, 1.82) is 0 Å². The van der Waals surface area contributed by atoms with Crippen LogP contribution in [0.5, 0.6) is 5.75 Å². The monoisotopic (exact) mass is 458 g/mol. The van der Waals surface area contributed by atoms with Crippen LogP contribution in [0, 0.1) is 5.92 Å². The van der Waals surface area contributed by atoms with Gasteiger partial charge in [-0.2, -0.15) is 0 Å². The van der Waals surface area contributed by atoms with Gasteiger partial charge in [-0.05, 0) is 70.5 Å². The summed E-state index contributed by atoms with van der Waals surface area (Å²) in [5.74, 6) is 1.51. The zero-order chi connectivity index (χ0) is 22.8. The Morgan fingerprint density at radius 1 is 1.09 bits per heavy atom. The number of nitrogens with zero attached hydrogens (tertiary/aromatic N) is 1. The van der Waals surface area contributed by atoms with Crippen LogP contribution in [0.25, 0.3) is 11.1 Å². The minimum atomic E-state index is 0.0991. The maximum absolute atomic E-state index is 12.9. The molecule has 0 spiro atoms. The van der Waals surface area contributed by atoms with Crippen LogP contribution in [0.1, 0.15) is 34.6 Å². The number of methoxy groups -OCH3 is 1. The standard InChI is InChI=1S/C28H30N2O2S/c1-32-22-10-6-9-20(15-22)23-12-11-21(27-18-30(33-2)14-13-24(23)27)17-29-28(31)26-16-25(26)19-7-4-3-5-8-19/h3-12,15,25-26H,13-14,16-18H2,1-2H3,(H,29,31). The summed E-state index contributed by atoms with van der Waals surface area (Å²) in [6.45, 7) is 2.51. The summed E-state index contributed by atoms with van der Waals surface area (Å²) in [6, 6.07) is 23.1. The molecule has 1 fully saturated rings. The summed E-state index contributed by atoms with van der Waals surface area (Å²) in [6.07, 6.45) is 4.08. The van der Waals surface area contributed by atoms with Crippen LogP contribution in [0.2, 0.25) is 0 Å². The first kappa shape index (κ1) is 22.1. The van der Waals surface area contributed by atoms with E-state index in [4.69, 9.17) is 4.74 Å². The molecule has 1 amide bonds. The number of fused-ring (bicyclic) bond motifs is 1. The quantitative estimate of drug-likeness (QED) is 0.480. The van der Waals surface area contributed by atoms with Crippen LogP contribution in [0.4, 0.5) is 0 Å². The third-order valence-corrected chi connectivity index (χ3v) is 7.75. The van der Waals surface area contributed by atoms with Gasteiger partial charge in [0.1, 0.15) is 5.75 Å². The molecular weight excluding hydrogens is 428 g/mol. The topological polar surface area (TPSA) is 41.6 Å². The Balaban J connectivity index is 1.36. The van der Waals surface area contributed by atoms with E-state index in [2.05, 4.69) is 64.4 Å². The second-order valence-electron chi connectivity index (χ2n) is 8.83. The molecule has 5 heteroatoms. The van der Waals surface area contributed by atoms with E-state index in [9.17, 15) is 4.79 Å². The molecule has 1 aliphatic carbocycles. The van der Waals surface area contributed by atoms with E-state index in [1.807, 2.05) is 18.2 Å². The fourth-order valence-corrected chi connectivity index (χ4v) is 5.50. The van der Waals surface area contributed by atoms with Crippen LogP contribution in [-0.2, 0) is 24.3 Å². The number of amides is 1. The van der Waals surface area contributed by atoms with E-state index in [0.717, 1.165) is 31.7 Å². The Morgan fingerprint density at radius 3 is 2.73 bits per heavy atom. The van der Waals surface area contributed by atoms with E-state index >= 15 is 0 Å². The van der Waals surface area contributed by atoms with Crippen LogP contribution in [0.15, 0.2) is 66.7 Å². The lowest BCUT2D eigenvalue weighted by atomic mass is 9.88. The molecule has 3 aromatic rings. The summed E-state index contributed by atoms with van der Waals surface area (Å²) < 4.78 is 7.85. The van der Waals surface area contributed by atoms with E-state index in [0.29, 0.717) is 12.5 Å². The molecule has 1 heterocycles. The zero-order valence-corrected chi connectivity index (χ0v) is 20.0. The number of carbonyl (C=O) groups is 1. The van der Waals surface area contributed by atoms with E-state index < -0.39 is 0 Å². The van der Waals surface area contributed by atoms with Crippen LogP contribution < -0.4 is 10.1 Å². The molecule has 1 saturated carbocycles. The highest BCUT2D eigenvalue weighted by molar-refractivity contribution is 7.96. The lowest BCUT2D eigenvalue weighted by Gasteiger charge is -2.30. The van der Waals surface area contributed by atoms with Gasteiger partial charge in [-0.25, -0.2) is 4.31 Å². The maximum atomic E-state index is 12.9. The molecule has 33 heavy (non-hydrogen) atoms. The van der Waals surface area contributed by atoms with Crippen molar-refractivity contribution in [2.75, 3.05) is 19.9 Å². The van der Waals surface area contributed by atoms with Gasteiger partial charge in [-0.15, -0.1) is 0 Å². The van der Waals surface area contributed by atoms with E-state index in [1.54, 1.807) is 19.1 Å². The fraction of sp³-hybridized carbons (Fsp3) is 0.321. The largest absolute Gasteiger partial charge is 0.497 e. The molecule has 0 radical (unpaired) electrons. The van der Waals surface area contributed by atoms with Gasteiger partial charge in [0, 0.05) is 25.6 Å². The van der Waals surface area contributed by atoms with Gasteiger partial charge in [0.2, 0.25) is 5.91 Å². The number of carbonyl (C=O) groups excluding carboxylic acids is 1. The summed E-state index contributed by atoms with van der Waals surface area (Å²) >= 11 is 1.79. The van der Waals surface area contributed by atoms with Gasteiger partial charge in [-0.3, -0.25) is 4.79 Å². The predicted octanol–water partition coefficient (Wildman–Crippen LogP) is 5.42. The van der Waals surface area contributed by atoms with Gasteiger partial charge < -0.3 is 10.1 Å². The summed E-state index contributed by atoms with van der Waals surface area (Å²) in [4.78, 5) is 12.9. The van der Waals surface area contributed by atoms with Crippen molar-refractivity contribution in [2.24, 2.45) is 5.92 Å². The minimum Gasteiger partial charge on any atom is -0.497 e. The second kappa shape index (κ2) is 9.62. The highest BCUT2D eigenvalue weighted by Gasteiger charge is 2.43. The first-order valence-corrected chi connectivity index (χ1v) is 12.8. The molecule has 2 atom stereocenters. The van der Waals surface area contributed by atoms with Crippen LogP contribution in [0.3, 0.4) is 0 Å². The second-order valence-corrected chi connectivity index (χ2v) is 9.72. The number of hydrogen-bond acceptors (Lipinski definition) is 4. The third kappa shape index (κ3) is 4.66. The molecule has 4 nitrogen and oxygen atoms in total. The van der Waals surface area contributed by atoms with Gasteiger partial charge in [0.05, 0.1) is 7.11 Å². The summed E-state index contributed by atoms with van der Waals surface area (Å²) in [7, 11) is 1.71. The predicted molar refractivity (Wildman–Crippen MR) is 135 cm³/mol. The Morgan fingerprint density at radius 2 is 1.94 bits per heavy atom. The molecule has 1 aliphatic heterocycles. The Labute approximate surface area is 200 Å². The van der Waals surface area contributed by atoms with Crippen LogP contribution >= 0.6 is 11.9 Å². The van der Waals surface area contributed by atoms with E-state index in [-0.39, 0.29) is 11.8 Å². The van der Waals surface area contributed by atoms with Crippen molar-refractivity contribution < 1.29 is 9.53 Å². The highest BCUT2D eigenvalue weighted by atomic mass is 32.2. The van der Waals surface area contributed by atoms with Crippen molar-refractivity contribution in [3.05, 3.63) is 89.0 Å². The average Bonchev–Trinajstić information content (AvgIpc) is 3.68. The molecule has 0 bridgehead atoms. The third-order valence-electron chi connectivity index (χ3n) is 6.92. The number of benzene rings is 3. The smallest absolute Gasteiger partial charge is 0.224 e. The van der Waals surface area contributed by atoms with Gasteiger partial charge in [-0.1, -0.05) is 66.5 Å². The average molecular weight is 459 g/mol. The normalized spacial score (nSPS) is 19.6. The zero-order valence-electron chi connectivity index (χ0n) is 19.2. The lowest BCUT2D eigenvalue weighted by molar-refractivity contribution is -0.122. The molecule has 2 unspecified atom stereocenters. The SMILES string of the molecule is COc1cccc(-c2ccc(CNC(=O)C3CC3c3ccccc3)c3c2CCN(SC)C3)c1. The molecule has 0 aromatic heterocycles. The summed E-state index contributed by atoms with van der Waals surface area (Å²) in [5.41, 5.74) is 7.70. The number of hydrogen-bond donors (Lipinski definition) is 1. The number of rotatable bonds is 7. The first-order chi connectivity index (χ1) is 16.2. The van der Waals surface area contributed by atoms with Crippen molar-refractivity contribution in [2.45, 2.75) is 31.8 Å². The fourth-order valence-electron chi connectivity index (χ4n) is 4.97. The highest BCUT2D eigenvalue weighted by Crippen LogP contribution is 2.47. The van der Waals surface area contributed by atoms with Crippen molar-refractivity contribution in [3.8, 4) is 16.9 Å². The molecule has 0 saturated heterocycles. The van der Waals surface area contributed by atoms with E-state index in [1.165, 1.54) is 33.4 Å². The molecule has 2 aliphatic rings. The Kier molecular flexibility index (Phi) is 6.43. The van der Waals surface area contributed by atoms with Gasteiger partial charge in [0.25, 0.3) is 0 Å². The number of nitrogens with one attached hydrogen (secondary N) is 1. The molecule has 5 rings (SSSR count). The summed E-state index contributed by atoms with van der Waals surface area (Å²) in [5, 5.41) is 3.24. The Bertz CT molecular complexity index is 1150. The van der Waals surface area contributed by atoms with Crippen molar-refractivity contribution in [1.82, 2.24) is 9.62 Å².